The largest absolute Gasteiger partial charge is 0.341 e. The number of fused-ring (bicyclic) bond motifs is 1. The summed E-state index contributed by atoms with van der Waals surface area (Å²) in [4.78, 5) is 19.8. The van der Waals surface area contributed by atoms with E-state index in [1.165, 1.54) is 30.2 Å². The van der Waals surface area contributed by atoms with Crippen molar-refractivity contribution in [2.75, 3.05) is 11.1 Å². The monoisotopic (exact) mass is 413 g/mol. The van der Waals surface area contributed by atoms with E-state index in [0.29, 0.717) is 16.4 Å². The van der Waals surface area contributed by atoms with E-state index in [1.807, 2.05) is 0 Å². The number of halogens is 2. The Hall–Kier alpha value is -2.60. The lowest BCUT2D eigenvalue weighted by Gasteiger charge is -2.07. The highest BCUT2D eigenvalue weighted by Gasteiger charge is 2.26. The third kappa shape index (κ3) is 4.06. The summed E-state index contributed by atoms with van der Waals surface area (Å²) in [5.74, 6) is -3.82. The molecule has 142 valence electrons. The molecule has 0 aliphatic carbocycles. The van der Waals surface area contributed by atoms with Gasteiger partial charge in [-0.1, -0.05) is 11.8 Å². The van der Waals surface area contributed by atoms with E-state index in [0.717, 1.165) is 17.5 Å². The fraction of sp³-hybridized carbons (Fsp3) is 0.200. The molecule has 1 N–H and O–H groups in total. The maximum Gasteiger partial charge on any atom is 0.341 e. The highest BCUT2D eigenvalue weighted by atomic mass is 32.2. The maximum atomic E-state index is 12.5. The summed E-state index contributed by atoms with van der Waals surface area (Å²) < 4.78 is 49.4. The molecule has 3 aromatic rings. The maximum absolute atomic E-state index is 12.5. The van der Waals surface area contributed by atoms with Gasteiger partial charge in [-0.2, -0.15) is 13.9 Å². The lowest BCUT2D eigenvalue weighted by molar-refractivity contribution is -0.113. The molecule has 0 unspecified atom stereocenters. The Morgan fingerprint density at radius 2 is 1.96 bits per heavy atom. The number of aryl methyl sites for hydroxylation is 1. The van der Waals surface area contributed by atoms with Gasteiger partial charge in [-0.05, 0) is 24.3 Å². The lowest BCUT2D eigenvalue weighted by atomic mass is 10.3. The fourth-order valence-electron chi connectivity index (χ4n) is 2.22. The molecule has 1 amide bonds. The number of thioether (sulfide) groups is 1. The van der Waals surface area contributed by atoms with Crippen LogP contribution in [0.4, 0.5) is 14.5 Å². The highest BCUT2D eigenvalue weighted by Crippen LogP contribution is 2.24. The van der Waals surface area contributed by atoms with Crippen molar-refractivity contribution in [3.63, 3.8) is 0 Å². The molecule has 0 aliphatic heterocycles. The second kappa shape index (κ2) is 7.56. The van der Waals surface area contributed by atoms with E-state index in [2.05, 4.69) is 20.4 Å². The molecule has 3 rings (SSSR count). The number of carbonyl (C=O) groups is 1. The van der Waals surface area contributed by atoms with Crippen LogP contribution in [-0.4, -0.2) is 45.6 Å². The van der Waals surface area contributed by atoms with Gasteiger partial charge in [0.15, 0.2) is 5.65 Å². The zero-order valence-electron chi connectivity index (χ0n) is 13.8. The molecule has 0 bridgehead atoms. The second-order valence-corrected chi connectivity index (χ2v) is 8.23. The molecule has 0 saturated heterocycles. The number of amides is 1. The summed E-state index contributed by atoms with van der Waals surface area (Å²) in [5.41, 5.74) is 0.937. The molecule has 1 aromatic carbocycles. The van der Waals surface area contributed by atoms with Gasteiger partial charge in [0.1, 0.15) is 11.4 Å². The van der Waals surface area contributed by atoms with Crippen molar-refractivity contribution in [2.45, 2.75) is 15.7 Å². The number of nitrogens with one attached hydrogen (secondary N) is 1. The normalized spacial score (nSPS) is 11.9. The van der Waals surface area contributed by atoms with Crippen molar-refractivity contribution >= 4 is 44.2 Å². The Morgan fingerprint density at radius 3 is 2.63 bits per heavy atom. The van der Waals surface area contributed by atoms with Gasteiger partial charge in [0.25, 0.3) is 0 Å². The number of nitrogens with zero attached hydrogens (tertiary/aromatic N) is 4. The Kier molecular flexibility index (Phi) is 5.37. The summed E-state index contributed by atoms with van der Waals surface area (Å²) >= 11 is 1.19. The molecule has 12 heteroatoms. The van der Waals surface area contributed by atoms with Crippen molar-refractivity contribution in [3.05, 3.63) is 36.8 Å². The molecule has 27 heavy (non-hydrogen) atoms. The van der Waals surface area contributed by atoms with Gasteiger partial charge < -0.3 is 5.32 Å². The molecule has 8 nitrogen and oxygen atoms in total. The van der Waals surface area contributed by atoms with Crippen LogP contribution in [0.15, 0.2) is 46.7 Å². The third-order valence-corrected chi connectivity index (χ3v) is 5.94. The first kappa shape index (κ1) is 19.2. The van der Waals surface area contributed by atoms with Crippen LogP contribution in [0, 0.1) is 0 Å². The minimum atomic E-state index is -4.66. The van der Waals surface area contributed by atoms with Gasteiger partial charge in [-0.3, -0.25) is 9.48 Å². The quantitative estimate of drug-likeness (QED) is 0.487. The predicted molar refractivity (Wildman–Crippen MR) is 95.3 cm³/mol. The van der Waals surface area contributed by atoms with Gasteiger partial charge in [-0.15, -0.1) is 0 Å². The van der Waals surface area contributed by atoms with E-state index in [9.17, 15) is 22.0 Å². The number of benzene rings is 1. The molecule has 0 aliphatic rings. The highest BCUT2D eigenvalue weighted by molar-refractivity contribution is 8.00. The minimum Gasteiger partial charge on any atom is -0.325 e. The molecule has 0 fully saturated rings. The number of rotatable bonds is 6. The van der Waals surface area contributed by atoms with E-state index < -0.39 is 20.5 Å². The number of hydrogen-bond acceptors (Lipinski definition) is 7. The zero-order valence-corrected chi connectivity index (χ0v) is 15.5. The Bertz CT molecular complexity index is 1080. The summed E-state index contributed by atoms with van der Waals surface area (Å²) in [7, 11) is -2.92. The Balaban J connectivity index is 1.64. The predicted octanol–water partition coefficient (Wildman–Crippen LogP) is 2.09. The zero-order chi connectivity index (χ0) is 19.6. The van der Waals surface area contributed by atoms with Crippen molar-refractivity contribution < 1.29 is 22.0 Å². The minimum absolute atomic E-state index is 0.0398. The number of sulfone groups is 1. The smallest absolute Gasteiger partial charge is 0.325 e. The summed E-state index contributed by atoms with van der Waals surface area (Å²) in [5, 5.41) is 7.98. The molecule has 0 spiro atoms. The van der Waals surface area contributed by atoms with Gasteiger partial charge in [-0.25, -0.2) is 18.4 Å². The molecule has 0 radical (unpaired) electrons. The molecule has 2 aromatic heterocycles. The summed E-state index contributed by atoms with van der Waals surface area (Å²) in [6.07, 6.45) is 2.99. The lowest BCUT2D eigenvalue weighted by Crippen LogP contribution is -2.15. The summed E-state index contributed by atoms with van der Waals surface area (Å²) in [6, 6.07) is 4.55. The van der Waals surface area contributed by atoms with Crippen LogP contribution in [-0.2, 0) is 21.7 Å². The van der Waals surface area contributed by atoms with Crippen LogP contribution in [0.2, 0.25) is 0 Å². The van der Waals surface area contributed by atoms with Crippen LogP contribution in [0.3, 0.4) is 0 Å². The SMILES string of the molecule is Cn1ncc2c(SCC(=O)Nc3ccc(S(=O)(=O)C(F)F)cc3)ncnc21. The van der Waals surface area contributed by atoms with Crippen LogP contribution >= 0.6 is 11.8 Å². The van der Waals surface area contributed by atoms with Crippen molar-refractivity contribution in [2.24, 2.45) is 7.05 Å². The first-order valence-corrected chi connectivity index (χ1v) is 9.99. The van der Waals surface area contributed by atoms with Gasteiger partial charge in [0.2, 0.25) is 15.7 Å². The van der Waals surface area contributed by atoms with E-state index >= 15 is 0 Å². The first-order valence-electron chi connectivity index (χ1n) is 7.46. The number of alkyl halides is 2. The Morgan fingerprint density at radius 1 is 1.26 bits per heavy atom. The number of hydrogen-bond donors (Lipinski definition) is 1. The van der Waals surface area contributed by atoms with Gasteiger partial charge in [0.05, 0.1) is 22.2 Å². The van der Waals surface area contributed by atoms with E-state index in [-0.39, 0.29) is 11.7 Å². The Labute approximate surface area is 156 Å². The van der Waals surface area contributed by atoms with E-state index in [1.54, 1.807) is 17.9 Å². The van der Waals surface area contributed by atoms with Gasteiger partial charge in [0, 0.05) is 12.7 Å². The molecule has 2 heterocycles. The van der Waals surface area contributed by atoms with E-state index in [4.69, 9.17) is 0 Å². The fourth-order valence-corrected chi connectivity index (χ4v) is 3.70. The number of aromatic nitrogens is 4. The first-order chi connectivity index (χ1) is 12.8. The van der Waals surface area contributed by atoms with Gasteiger partial charge >= 0.3 is 5.76 Å². The van der Waals surface area contributed by atoms with Crippen LogP contribution < -0.4 is 5.32 Å². The van der Waals surface area contributed by atoms with Crippen LogP contribution in [0.5, 0.6) is 0 Å². The van der Waals surface area contributed by atoms with Crippen LogP contribution in [0.1, 0.15) is 0 Å². The topological polar surface area (TPSA) is 107 Å². The van der Waals surface area contributed by atoms with Crippen LogP contribution in [0.25, 0.3) is 11.0 Å². The average molecular weight is 413 g/mol. The molecule has 0 atom stereocenters. The molecular formula is C15H13F2N5O3S2. The number of anilines is 1. The standard InChI is InChI=1S/C15H13F2N5O3S2/c1-22-13-11(6-20-22)14(19-8-18-13)26-7-12(23)21-9-2-4-10(5-3-9)27(24,25)15(16)17/h2-6,8,15H,7H2,1H3,(H,21,23). The number of carbonyl (C=O) groups excluding carboxylic acids is 1. The van der Waals surface area contributed by atoms with Crippen molar-refractivity contribution in [1.29, 1.82) is 0 Å². The molecule has 0 saturated carbocycles. The summed E-state index contributed by atoms with van der Waals surface area (Å²) in [6.45, 7) is 0. The molecular weight excluding hydrogens is 400 g/mol. The van der Waals surface area contributed by atoms with Crippen molar-refractivity contribution in [1.82, 2.24) is 19.7 Å². The third-order valence-electron chi connectivity index (χ3n) is 3.53. The second-order valence-electron chi connectivity index (χ2n) is 5.35. The average Bonchev–Trinajstić information content (AvgIpc) is 3.02. The van der Waals surface area contributed by atoms with Crippen molar-refractivity contribution in [3.8, 4) is 0 Å².